The van der Waals surface area contributed by atoms with E-state index in [2.05, 4.69) is 55.3 Å². The lowest BCUT2D eigenvalue weighted by Gasteiger charge is -2.18. The first-order valence-electron chi connectivity index (χ1n) is 9.56. The Morgan fingerprint density at radius 3 is 2.46 bits per heavy atom. The molecule has 1 atom stereocenters. The van der Waals surface area contributed by atoms with Gasteiger partial charge >= 0.3 is 0 Å². The molecule has 1 unspecified atom stereocenters. The number of ether oxygens (including phenoxy) is 2. The number of methoxy groups -OCH3 is 1. The molecule has 0 aliphatic rings. The molecule has 2 aromatic carbocycles. The fraction of sp³-hybridized carbons (Fsp3) is 0.292. The van der Waals surface area contributed by atoms with Gasteiger partial charge in [-0.2, -0.15) is 0 Å². The van der Waals surface area contributed by atoms with Crippen LogP contribution in [-0.4, -0.2) is 12.1 Å². The normalized spacial score (nSPS) is 11.9. The Morgan fingerprint density at radius 2 is 1.75 bits per heavy atom. The smallest absolute Gasteiger partial charge is 0.161 e. The van der Waals surface area contributed by atoms with Gasteiger partial charge in [0.2, 0.25) is 0 Å². The summed E-state index contributed by atoms with van der Waals surface area (Å²) in [6.45, 7) is 7.76. The lowest BCUT2D eigenvalue weighted by Crippen LogP contribution is -2.18. The van der Waals surface area contributed by atoms with Gasteiger partial charge in [0.25, 0.3) is 0 Å². The van der Waals surface area contributed by atoms with Gasteiger partial charge in [-0.1, -0.05) is 29.8 Å². The molecule has 1 aromatic heterocycles. The van der Waals surface area contributed by atoms with E-state index in [-0.39, 0.29) is 6.04 Å². The number of rotatable bonds is 8. The summed E-state index contributed by atoms with van der Waals surface area (Å²) < 4.78 is 11.5. The number of nitrogens with one attached hydrogen (secondary N) is 1. The van der Waals surface area contributed by atoms with E-state index in [0.717, 1.165) is 29.2 Å². The van der Waals surface area contributed by atoms with Gasteiger partial charge in [-0.15, -0.1) is 0 Å². The summed E-state index contributed by atoms with van der Waals surface area (Å²) in [6, 6.07) is 16.8. The molecule has 0 fully saturated rings. The Balaban J connectivity index is 1.64. The van der Waals surface area contributed by atoms with Gasteiger partial charge in [-0.05, 0) is 67.3 Å². The van der Waals surface area contributed by atoms with Crippen LogP contribution in [0.3, 0.4) is 0 Å². The summed E-state index contributed by atoms with van der Waals surface area (Å²) in [4.78, 5) is 4.03. The maximum atomic E-state index is 5.93. The molecule has 0 spiro atoms. The molecule has 0 saturated heterocycles. The molecule has 146 valence electrons. The van der Waals surface area contributed by atoms with E-state index in [0.29, 0.717) is 6.61 Å². The van der Waals surface area contributed by atoms with E-state index >= 15 is 0 Å². The van der Waals surface area contributed by atoms with Crippen molar-refractivity contribution in [1.82, 2.24) is 10.3 Å². The van der Waals surface area contributed by atoms with Crippen molar-refractivity contribution in [2.45, 2.75) is 40.0 Å². The second-order valence-corrected chi connectivity index (χ2v) is 7.09. The van der Waals surface area contributed by atoms with E-state index in [1.807, 2.05) is 24.3 Å². The second kappa shape index (κ2) is 9.38. The van der Waals surface area contributed by atoms with Crippen LogP contribution >= 0.6 is 0 Å². The highest BCUT2D eigenvalue weighted by molar-refractivity contribution is 5.44. The predicted molar refractivity (Wildman–Crippen MR) is 113 cm³/mol. The lowest BCUT2D eigenvalue weighted by atomic mass is 10.0. The zero-order valence-corrected chi connectivity index (χ0v) is 17.0. The molecular formula is C24H28N2O2. The van der Waals surface area contributed by atoms with Crippen LogP contribution in [0.5, 0.6) is 11.5 Å². The third kappa shape index (κ3) is 5.11. The molecule has 1 heterocycles. The highest BCUT2D eigenvalue weighted by Crippen LogP contribution is 2.31. The first-order valence-corrected chi connectivity index (χ1v) is 9.56. The van der Waals surface area contributed by atoms with Crippen LogP contribution in [0.2, 0.25) is 0 Å². The van der Waals surface area contributed by atoms with Crippen LogP contribution in [-0.2, 0) is 13.2 Å². The molecule has 4 heteroatoms. The number of pyridine rings is 1. The minimum Gasteiger partial charge on any atom is -0.493 e. The van der Waals surface area contributed by atoms with Crippen molar-refractivity contribution in [1.29, 1.82) is 0 Å². The minimum absolute atomic E-state index is 0.198. The summed E-state index contributed by atoms with van der Waals surface area (Å²) in [6.07, 6.45) is 3.53. The molecule has 1 N–H and O–H groups in total. The highest BCUT2D eigenvalue weighted by atomic mass is 16.5. The van der Waals surface area contributed by atoms with Crippen LogP contribution in [0.15, 0.2) is 60.9 Å². The SMILES string of the molecule is COc1cc(C(C)NCc2ccc(C)cc2C)ccc1OCc1ccncc1. The van der Waals surface area contributed by atoms with Gasteiger partial charge in [0, 0.05) is 25.0 Å². The van der Waals surface area contributed by atoms with Gasteiger partial charge in [-0.3, -0.25) is 4.98 Å². The Hall–Kier alpha value is -2.85. The Bertz CT molecular complexity index is 910. The first kappa shape index (κ1) is 19.9. The Labute approximate surface area is 167 Å². The molecule has 28 heavy (non-hydrogen) atoms. The van der Waals surface area contributed by atoms with Gasteiger partial charge in [0.05, 0.1) is 7.11 Å². The molecule has 3 aromatic rings. The zero-order chi connectivity index (χ0) is 19.9. The molecule has 0 aliphatic carbocycles. The third-order valence-corrected chi connectivity index (χ3v) is 4.93. The molecular weight excluding hydrogens is 348 g/mol. The molecule has 0 aliphatic heterocycles. The maximum Gasteiger partial charge on any atom is 0.161 e. The first-order chi connectivity index (χ1) is 13.6. The molecule has 4 nitrogen and oxygen atoms in total. The third-order valence-electron chi connectivity index (χ3n) is 4.93. The number of nitrogens with zero attached hydrogens (tertiary/aromatic N) is 1. The Kier molecular flexibility index (Phi) is 6.66. The number of hydrogen-bond donors (Lipinski definition) is 1. The number of benzene rings is 2. The summed E-state index contributed by atoms with van der Waals surface area (Å²) in [5.74, 6) is 1.48. The van der Waals surface area contributed by atoms with Crippen LogP contribution in [0.4, 0.5) is 0 Å². The van der Waals surface area contributed by atoms with Crippen molar-refractivity contribution in [3.63, 3.8) is 0 Å². The number of aryl methyl sites for hydroxylation is 2. The number of aromatic nitrogens is 1. The van der Waals surface area contributed by atoms with E-state index in [4.69, 9.17) is 9.47 Å². The van der Waals surface area contributed by atoms with Gasteiger partial charge < -0.3 is 14.8 Å². The minimum atomic E-state index is 0.198. The summed E-state index contributed by atoms with van der Waals surface area (Å²) >= 11 is 0. The quantitative estimate of drug-likeness (QED) is 0.591. The van der Waals surface area contributed by atoms with Crippen molar-refractivity contribution in [2.75, 3.05) is 7.11 Å². The van der Waals surface area contributed by atoms with Crippen molar-refractivity contribution in [3.8, 4) is 11.5 Å². The van der Waals surface area contributed by atoms with Gasteiger partial charge in [0.1, 0.15) is 6.61 Å². The van der Waals surface area contributed by atoms with Crippen LogP contribution in [0.1, 0.15) is 40.8 Å². The summed E-state index contributed by atoms with van der Waals surface area (Å²) in [5, 5.41) is 3.60. The number of hydrogen-bond acceptors (Lipinski definition) is 4. The highest BCUT2D eigenvalue weighted by Gasteiger charge is 2.11. The van der Waals surface area contributed by atoms with E-state index in [1.165, 1.54) is 16.7 Å². The lowest BCUT2D eigenvalue weighted by molar-refractivity contribution is 0.284. The zero-order valence-electron chi connectivity index (χ0n) is 17.0. The molecule has 0 amide bonds. The van der Waals surface area contributed by atoms with E-state index in [9.17, 15) is 0 Å². The Morgan fingerprint density at radius 1 is 0.964 bits per heavy atom. The van der Waals surface area contributed by atoms with Gasteiger partial charge in [0.15, 0.2) is 11.5 Å². The van der Waals surface area contributed by atoms with Crippen molar-refractivity contribution in [2.24, 2.45) is 0 Å². The summed E-state index contributed by atoms with van der Waals surface area (Å²) in [5.41, 5.74) is 6.17. The average molecular weight is 377 g/mol. The van der Waals surface area contributed by atoms with Crippen LogP contribution in [0.25, 0.3) is 0 Å². The fourth-order valence-corrected chi connectivity index (χ4v) is 3.14. The van der Waals surface area contributed by atoms with E-state index in [1.54, 1.807) is 19.5 Å². The maximum absolute atomic E-state index is 5.93. The average Bonchev–Trinajstić information content (AvgIpc) is 2.72. The largest absolute Gasteiger partial charge is 0.493 e. The van der Waals surface area contributed by atoms with Crippen molar-refractivity contribution >= 4 is 0 Å². The second-order valence-electron chi connectivity index (χ2n) is 7.09. The van der Waals surface area contributed by atoms with E-state index < -0.39 is 0 Å². The predicted octanol–water partition coefficient (Wildman–Crippen LogP) is 5.14. The van der Waals surface area contributed by atoms with Crippen molar-refractivity contribution in [3.05, 3.63) is 88.7 Å². The molecule has 0 radical (unpaired) electrons. The summed E-state index contributed by atoms with van der Waals surface area (Å²) in [7, 11) is 1.67. The molecule has 3 rings (SSSR count). The van der Waals surface area contributed by atoms with Gasteiger partial charge in [-0.25, -0.2) is 0 Å². The standard InChI is InChI=1S/C24H28N2O2/c1-17-5-6-22(18(2)13-17)15-26-19(3)21-7-8-23(24(14-21)27-4)28-16-20-9-11-25-12-10-20/h5-14,19,26H,15-16H2,1-4H3. The monoisotopic (exact) mass is 376 g/mol. The van der Waals surface area contributed by atoms with Crippen molar-refractivity contribution < 1.29 is 9.47 Å². The molecule has 0 saturated carbocycles. The van der Waals surface area contributed by atoms with Crippen LogP contribution in [0, 0.1) is 13.8 Å². The topological polar surface area (TPSA) is 43.4 Å². The fourth-order valence-electron chi connectivity index (χ4n) is 3.14. The molecule has 0 bridgehead atoms. The van der Waals surface area contributed by atoms with Crippen LogP contribution < -0.4 is 14.8 Å².